The summed E-state index contributed by atoms with van der Waals surface area (Å²) < 4.78 is 47.6. The van der Waals surface area contributed by atoms with Gasteiger partial charge in [0.25, 0.3) is 5.91 Å². The maximum absolute atomic E-state index is 14.1. The van der Waals surface area contributed by atoms with E-state index in [9.17, 15) is 22.4 Å². The smallest absolute Gasteiger partial charge is 0.475 e. The van der Waals surface area contributed by atoms with E-state index in [4.69, 9.17) is 9.90 Å². The van der Waals surface area contributed by atoms with Crippen LogP contribution in [-0.4, -0.2) is 60.7 Å². The molecular weight excluding hydrogens is 494 g/mol. The molecule has 1 fully saturated rings. The van der Waals surface area contributed by atoms with Crippen LogP contribution >= 0.6 is 0 Å². The van der Waals surface area contributed by atoms with E-state index in [0.29, 0.717) is 18.9 Å². The predicted octanol–water partition coefficient (Wildman–Crippen LogP) is 4.58. The number of halogens is 4. The molecular formula is C25H21F4N5O3. The van der Waals surface area contributed by atoms with Gasteiger partial charge in [0.15, 0.2) is 11.5 Å². The van der Waals surface area contributed by atoms with Gasteiger partial charge in [-0.2, -0.15) is 18.3 Å². The van der Waals surface area contributed by atoms with E-state index in [1.165, 1.54) is 12.1 Å². The summed E-state index contributed by atoms with van der Waals surface area (Å²) in [7, 11) is 0. The molecule has 0 aliphatic carbocycles. The van der Waals surface area contributed by atoms with Gasteiger partial charge in [-0.1, -0.05) is 12.1 Å². The fourth-order valence-corrected chi connectivity index (χ4v) is 3.97. The molecule has 0 radical (unpaired) electrons. The van der Waals surface area contributed by atoms with E-state index in [2.05, 4.69) is 15.1 Å². The van der Waals surface area contributed by atoms with E-state index >= 15 is 0 Å². The quantitative estimate of drug-likeness (QED) is 0.401. The van der Waals surface area contributed by atoms with Crippen molar-refractivity contribution < 1.29 is 32.3 Å². The average Bonchev–Trinajstić information content (AvgIpc) is 3.33. The Hall–Kier alpha value is -4.35. The third-order valence-corrected chi connectivity index (χ3v) is 5.78. The number of piperidine rings is 1. The number of carboxylic acid groups (broad SMARTS) is 1. The molecule has 3 aromatic heterocycles. The van der Waals surface area contributed by atoms with Gasteiger partial charge in [0.1, 0.15) is 5.82 Å². The highest BCUT2D eigenvalue weighted by molar-refractivity contribution is 5.94. The lowest BCUT2D eigenvalue weighted by atomic mass is 9.96. The van der Waals surface area contributed by atoms with Crippen LogP contribution in [0.2, 0.25) is 0 Å². The number of aromatic nitrogens is 4. The minimum Gasteiger partial charge on any atom is -0.475 e. The molecule has 37 heavy (non-hydrogen) atoms. The number of hydrogen-bond donors (Lipinski definition) is 1. The number of aliphatic carboxylic acids is 1. The Morgan fingerprint density at radius 1 is 1.00 bits per heavy atom. The second-order valence-electron chi connectivity index (χ2n) is 8.30. The lowest BCUT2D eigenvalue weighted by molar-refractivity contribution is -0.192. The normalized spacial score (nSPS) is 15.7. The molecule has 0 spiro atoms. The number of rotatable bonds is 3. The number of fused-ring (bicyclic) bond motifs is 1. The summed E-state index contributed by atoms with van der Waals surface area (Å²) in [5, 5.41) is 11.8. The number of carbonyl (C=O) groups excluding carboxylic acids is 1. The Kier molecular flexibility index (Phi) is 7.46. The lowest BCUT2D eigenvalue weighted by Gasteiger charge is -2.31. The van der Waals surface area contributed by atoms with Crippen molar-refractivity contribution in [1.82, 2.24) is 24.5 Å². The standard InChI is InChI=1S/C23H20FN5O.C2HF3O2/c24-20-6-2-1-5-19(20)23(30)28-13-3-4-18(14-28)22-26-21-8-7-17(15-29(21)27-22)16-9-11-25-12-10-16;3-2(4,5)1(6)7/h1-2,5-12,15,18H,3-4,13-14H2;(H,6,7). The number of pyridine rings is 2. The van der Waals surface area contributed by atoms with Crippen molar-refractivity contribution in [1.29, 1.82) is 0 Å². The number of nitrogens with zero attached hydrogens (tertiary/aromatic N) is 5. The van der Waals surface area contributed by atoms with Crippen LogP contribution in [0.1, 0.15) is 34.9 Å². The summed E-state index contributed by atoms with van der Waals surface area (Å²) in [6, 6.07) is 14.0. The van der Waals surface area contributed by atoms with Crippen molar-refractivity contribution in [3.8, 4) is 11.1 Å². The van der Waals surface area contributed by atoms with Crippen LogP contribution in [0.3, 0.4) is 0 Å². The van der Waals surface area contributed by atoms with Crippen LogP contribution in [0.5, 0.6) is 0 Å². The topological polar surface area (TPSA) is 101 Å². The number of benzene rings is 1. The van der Waals surface area contributed by atoms with E-state index in [-0.39, 0.29) is 17.4 Å². The molecule has 1 N–H and O–H groups in total. The molecule has 4 aromatic rings. The fraction of sp³-hybridized carbons (Fsp3) is 0.240. The second-order valence-corrected chi connectivity index (χ2v) is 8.30. The van der Waals surface area contributed by atoms with Crippen LogP contribution < -0.4 is 0 Å². The molecule has 12 heteroatoms. The first-order valence-electron chi connectivity index (χ1n) is 11.2. The SMILES string of the molecule is O=C(O)C(F)(F)F.O=C(c1ccccc1F)N1CCCC(c2nc3ccc(-c4ccncc4)cn3n2)C1. The molecule has 1 aliphatic rings. The maximum atomic E-state index is 14.1. The predicted molar refractivity (Wildman–Crippen MR) is 124 cm³/mol. The molecule has 1 amide bonds. The second kappa shape index (κ2) is 10.7. The van der Waals surface area contributed by atoms with Crippen molar-refractivity contribution in [3.63, 3.8) is 0 Å². The van der Waals surface area contributed by atoms with E-state index in [0.717, 1.165) is 29.6 Å². The highest BCUT2D eigenvalue weighted by Gasteiger charge is 2.38. The molecule has 192 valence electrons. The van der Waals surface area contributed by atoms with Crippen LogP contribution in [0.15, 0.2) is 67.1 Å². The number of carboxylic acids is 1. The van der Waals surface area contributed by atoms with Gasteiger partial charge in [-0.3, -0.25) is 9.78 Å². The van der Waals surface area contributed by atoms with Gasteiger partial charge < -0.3 is 10.0 Å². The zero-order chi connectivity index (χ0) is 26.6. The molecule has 5 rings (SSSR count). The molecule has 1 aliphatic heterocycles. The average molecular weight is 515 g/mol. The number of likely N-dealkylation sites (tertiary alicyclic amines) is 1. The molecule has 1 saturated heterocycles. The minimum absolute atomic E-state index is 0.0266. The lowest BCUT2D eigenvalue weighted by Crippen LogP contribution is -2.39. The Bertz CT molecular complexity index is 1410. The summed E-state index contributed by atoms with van der Waals surface area (Å²) in [6.45, 7) is 1.10. The van der Waals surface area contributed by atoms with Crippen LogP contribution in [0.25, 0.3) is 16.8 Å². The number of alkyl halides is 3. The molecule has 1 aromatic carbocycles. The van der Waals surface area contributed by atoms with Crippen LogP contribution in [-0.2, 0) is 4.79 Å². The monoisotopic (exact) mass is 515 g/mol. The Morgan fingerprint density at radius 2 is 1.70 bits per heavy atom. The largest absolute Gasteiger partial charge is 0.490 e. The third kappa shape index (κ3) is 6.08. The van der Waals surface area contributed by atoms with Crippen LogP contribution in [0, 0.1) is 5.82 Å². The summed E-state index contributed by atoms with van der Waals surface area (Å²) in [6.07, 6.45) is 2.12. The zero-order valence-corrected chi connectivity index (χ0v) is 19.3. The molecule has 8 nitrogen and oxygen atoms in total. The van der Waals surface area contributed by atoms with Gasteiger partial charge in [-0.25, -0.2) is 18.7 Å². The van der Waals surface area contributed by atoms with E-state index < -0.39 is 18.0 Å². The number of carbonyl (C=O) groups is 2. The van der Waals surface area contributed by atoms with Gasteiger partial charge in [-0.15, -0.1) is 0 Å². The van der Waals surface area contributed by atoms with Gasteiger partial charge in [-0.05, 0) is 54.8 Å². The molecule has 0 saturated carbocycles. The van der Waals surface area contributed by atoms with E-state index in [1.807, 2.05) is 30.5 Å². The highest BCUT2D eigenvalue weighted by atomic mass is 19.4. The Morgan fingerprint density at radius 3 is 2.38 bits per heavy atom. The van der Waals surface area contributed by atoms with Crippen LogP contribution in [0.4, 0.5) is 17.6 Å². The fourth-order valence-electron chi connectivity index (χ4n) is 3.97. The number of amides is 1. The first-order valence-corrected chi connectivity index (χ1v) is 11.2. The van der Waals surface area contributed by atoms with Crippen molar-refractivity contribution in [2.24, 2.45) is 0 Å². The van der Waals surface area contributed by atoms with E-state index in [1.54, 1.807) is 33.9 Å². The summed E-state index contributed by atoms with van der Waals surface area (Å²) in [5.74, 6) is -2.78. The van der Waals surface area contributed by atoms with Crippen molar-refractivity contribution >= 4 is 17.5 Å². The van der Waals surface area contributed by atoms with Crippen molar-refractivity contribution in [2.45, 2.75) is 24.9 Å². The summed E-state index contributed by atoms with van der Waals surface area (Å²) >= 11 is 0. The van der Waals surface area contributed by atoms with Gasteiger partial charge in [0.05, 0.1) is 5.56 Å². The van der Waals surface area contributed by atoms with Crippen molar-refractivity contribution in [3.05, 3.63) is 84.3 Å². The summed E-state index contributed by atoms with van der Waals surface area (Å²) in [4.78, 5) is 32.2. The molecule has 0 bridgehead atoms. The summed E-state index contributed by atoms with van der Waals surface area (Å²) in [5.41, 5.74) is 2.97. The molecule has 4 heterocycles. The minimum atomic E-state index is -5.08. The van der Waals surface area contributed by atoms with Gasteiger partial charge in [0, 0.05) is 43.2 Å². The first kappa shape index (κ1) is 25.7. The zero-order valence-electron chi connectivity index (χ0n) is 19.3. The van der Waals surface area contributed by atoms with Gasteiger partial charge in [0.2, 0.25) is 0 Å². The van der Waals surface area contributed by atoms with Crippen molar-refractivity contribution in [2.75, 3.05) is 13.1 Å². The highest BCUT2D eigenvalue weighted by Crippen LogP contribution is 2.27. The molecule has 1 unspecified atom stereocenters. The maximum Gasteiger partial charge on any atom is 0.490 e. The Balaban J connectivity index is 0.000000405. The Labute approximate surface area is 208 Å². The first-order chi connectivity index (χ1) is 17.6. The number of hydrogen-bond acceptors (Lipinski definition) is 5. The van der Waals surface area contributed by atoms with Gasteiger partial charge >= 0.3 is 12.1 Å². The third-order valence-electron chi connectivity index (χ3n) is 5.78. The molecule has 1 atom stereocenters.